The molecule has 0 spiro atoms. The van der Waals surface area contributed by atoms with Crippen molar-refractivity contribution in [1.82, 2.24) is 5.32 Å². The van der Waals surface area contributed by atoms with Crippen molar-refractivity contribution in [2.75, 3.05) is 0 Å². The van der Waals surface area contributed by atoms with Crippen LogP contribution in [0.5, 0.6) is 0 Å². The number of Topliss-reactive ketones (excluding diaryl/α,β-unsaturated/α-hetero) is 1. The first-order valence-electron chi connectivity index (χ1n) is 13.7. The first kappa shape index (κ1) is 34.4. The maximum atomic E-state index is 12.1. The zero-order valence-corrected chi connectivity index (χ0v) is 26.3. The normalized spacial score (nSPS) is 18.0. The van der Waals surface area contributed by atoms with Crippen molar-refractivity contribution >= 4 is 5.78 Å². The monoisotopic (exact) mass is 556 g/mol. The van der Waals surface area contributed by atoms with Gasteiger partial charge in [-0.1, -0.05) is 83.3 Å². The second-order valence-corrected chi connectivity index (χ2v) is 11.0. The van der Waals surface area contributed by atoms with E-state index in [0.717, 1.165) is 42.4 Å². The predicted octanol–water partition coefficient (Wildman–Crippen LogP) is 9.04. The van der Waals surface area contributed by atoms with E-state index in [-0.39, 0.29) is 45.7 Å². The summed E-state index contributed by atoms with van der Waals surface area (Å²) in [5.41, 5.74) is 3.45. The summed E-state index contributed by atoms with van der Waals surface area (Å²) < 4.78 is 0. The van der Waals surface area contributed by atoms with Crippen LogP contribution in [0.3, 0.4) is 0 Å². The van der Waals surface area contributed by atoms with Gasteiger partial charge >= 0.3 is 0 Å². The van der Waals surface area contributed by atoms with Gasteiger partial charge in [0.15, 0.2) is 0 Å². The number of ketones is 1. The van der Waals surface area contributed by atoms with Crippen LogP contribution in [-0.2, 0) is 43.9 Å². The molecule has 0 heterocycles. The molecule has 1 atom stereocenters. The molecule has 3 rings (SSSR count). The Hall–Kier alpha value is -0.596. The van der Waals surface area contributed by atoms with Gasteiger partial charge < -0.3 is 12.7 Å². The molecule has 3 heteroatoms. The molecule has 35 heavy (non-hydrogen) atoms. The minimum absolute atomic E-state index is 0. The molecule has 1 radical (unpaired) electrons. The summed E-state index contributed by atoms with van der Waals surface area (Å²) >= 11 is 0. The molecule has 0 aromatic heterocycles. The summed E-state index contributed by atoms with van der Waals surface area (Å²) in [6.07, 6.45) is 19.2. The molecule has 2 nitrogen and oxygen atoms in total. The van der Waals surface area contributed by atoms with E-state index < -0.39 is 0 Å². The van der Waals surface area contributed by atoms with Crippen LogP contribution >= 0.6 is 0 Å². The molecule has 197 valence electrons. The smallest absolute Gasteiger partial charge is 0.132 e. The molecular formula is C32H53NOY-2. The molecule has 2 aliphatic carbocycles. The molecule has 2 fully saturated rings. The number of carbonyl (C=O) groups excluding carboxylic acids is 1. The maximum absolute atomic E-state index is 12.1. The van der Waals surface area contributed by atoms with Gasteiger partial charge in [-0.3, -0.25) is 4.79 Å². The average Bonchev–Trinajstić information content (AvgIpc) is 2.79. The van der Waals surface area contributed by atoms with Gasteiger partial charge in [-0.05, 0) is 51.4 Å². The fraction of sp³-hybridized carbons (Fsp3) is 0.656. The van der Waals surface area contributed by atoms with Crippen molar-refractivity contribution < 1.29 is 37.5 Å². The molecular weight excluding hydrogens is 503 g/mol. The Morgan fingerprint density at radius 1 is 0.971 bits per heavy atom. The van der Waals surface area contributed by atoms with E-state index in [1.165, 1.54) is 76.2 Å². The Morgan fingerprint density at radius 2 is 1.49 bits per heavy atom. The van der Waals surface area contributed by atoms with Gasteiger partial charge in [-0.2, -0.15) is 24.6 Å². The van der Waals surface area contributed by atoms with E-state index in [1.54, 1.807) is 6.92 Å². The maximum Gasteiger partial charge on any atom is 0.132 e. The van der Waals surface area contributed by atoms with Gasteiger partial charge in [-0.15, -0.1) is 12.1 Å². The van der Waals surface area contributed by atoms with E-state index in [9.17, 15) is 4.79 Å². The van der Waals surface area contributed by atoms with Gasteiger partial charge in [0.25, 0.3) is 0 Å². The molecule has 0 saturated heterocycles. The van der Waals surface area contributed by atoms with Crippen molar-refractivity contribution in [3.05, 3.63) is 62.0 Å². The van der Waals surface area contributed by atoms with Crippen LogP contribution in [0.4, 0.5) is 0 Å². The van der Waals surface area contributed by atoms with Crippen molar-refractivity contribution in [3.8, 4) is 0 Å². The van der Waals surface area contributed by atoms with E-state index in [2.05, 4.69) is 44.8 Å². The topological polar surface area (TPSA) is 29.1 Å². The van der Waals surface area contributed by atoms with Crippen LogP contribution in [-0.4, -0.2) is 11.3 Å². The number of carbonyl (C=O) groups is 1. The van der Waals surface area contributed by atoms with Crippen LogP contribution < -0.4 is 5.32 Å². The Balaban J connectivity index is 0.000000890. The number of hydrogen-bond acceptors (Lipinski definition) is 2. The van der Waals surface area contributed by atoms with Gasteiger partial charge in [0.05, 0.1) is 0 Å². The van der Waals surface area contributed by atoms with Crippen LogP contribution in [0.25, 0.3) is 0 Å². The molecule has 0 aliphatic heterocycles. The summed E-state index contributed by atoms with van der Waals surface area (Å²) in [5.74, 6) is 1.99. The number of benzene rings is 1. The molecule has 0 amide bonds. The molecule has 0 bridgehead atoms. The van der Waals surface area contributed by atoms with Crippen molar-refractivity contribution in [3.63, 3.8) is 0 Å². The second kappa shape index (κ2) is 18.6. The SMILES string of the molecule is C=C(C)NC(CCC1CCCCC1)(CC(C)=O)CC1CCCCC1.[CH2-]c1ccc(CC)cc1.[CH3-].[Y]. The molecule has 1 aromatic rings. The fourth-order valence-electron chi connectivity index (χ4n) is 6.02. The van der Waals surface area contributed by atoms with Crippen LogP contribution in [0.2, 0.25) is 0 Å². The summed E-state index contributed by atoms with van der Waals surface area (Å²) in [5, 5.41) is 3.70. The van der Waals surface area contributed by atoms with Gasteiger partial charge in [0.2, 0.25) is 0 Å². The van der Waals surface area contributed by atoms with Crippen molar-refractivity contribution in [2.24, 2.45) is 11.8 Å². The first-order valence-corrected chi connectivity index (χ1v) is 13.7. The summed E-state index contributed by atoms with van der Waals surface area (Å²) in [7, 11) is 0. The molecule has 1 unspecified atom stereocenters. The van der Waals surface area contributed by atoms with Crippen molar-refractivity contribution in [2.45, 2.75) is 123 Å². The Labute approximate surface area is 243 Å². The number of allylic oxidation sites excluding steroid dienone is 1. The fourth-order valence-corrected chi connectivity index (χ4v) is 6.02. The summed E-state index contributed by atoms with van der Waals surface area (Å²) in [4.78, 5) is 12.1. The number of hydrogen-bond donors (Lipinski definition) is 1. The zero-order chi connectivity index (χ0) is 24.1. The summed E-state index contributed by atoms with van der Waals surface area (Å²) in [6.45, 7) is 13.9. The minimum Gasteiger partial charge on any atom is -0.383 e. The summed E-state index contributed by atoms with van der Waals surface area (Å²) in [6, 6.07) is 8.31. The van der Waals surface area contributed by atoms with E-state index in [4.69, 9.17) is 0 Å². The van der Waals surface area contributed by atoms with Gasteiger partial charge in [0.1, 0.15) is 5.78 Å². The number of nitrogens with one attached hydrogen (secondary N) is 1. The third-order valence-corrected chi connectivity index (χ3v) is 7.66. The van der Waals surface area contributed by atoms with Crippen LogP contribution in [0.15, 0.2) is 36.5 Å². The van der Waals surface area contributed by atoms with Gasteiger partial charge in [0, 0.05) is 50.4 Å². The molecule has 2 aliphatic rings. The molecule has 2 saturated carbocycles. The number of rotatable bonds is 10. The van der Waals surface area contributed by atoms with Crippen LogP contribution in [0, 0.1) is 26.2 Å². The largest absolute Gasteiger partial charge is 0.383 e. The Kier molecular flexibility index (Phi) is 18.3. The predicted molar refractivity (Wildman–Crippen MR) is 150 cm³/mol. The Bertz CT molecular complexity index is 683. The van der Waals surface area contributed by atoms with E-state index >= 15 is 0 Å². The second-order valence-electron chi connectivity index (χ2n) is 11.0. The van der Waals surface area contributed by atoms with Crippen molar-refractivity contribution in [1.29, 1.82) is 0 Å². The van der Waals surface area contributed by atoms with Gasteiger partial charge in [-0.25, -0.2) is 0 Å². The zero-order valence-electron chi connectivity index (χ0n) is 23.5. The minimum atomic E-state index is -0.0445. The molecule has 1 aromatic carbocycles. The standard InChI is InChI=1S/C22H39NO.C9H11.CH3.Y/c1-18(2)23-22(16-19(3)24,17-21-12-8-5-9-13-21)15-14-20-10-6-4-7-11-20;1-3-9-6-4-8(2)5-7-9;;/h20-21,23H,1,4-17H2,2-3H3;4-7H,2-3H2,1H3;1H3;/q;2*-1;. The quantitative estimate of drug-likeness (QED) is 0.291. The first-order chi connectivity index (χ1) is 15.8. The third-order valence-electron chi connectivity index (χ3n) is 7.66. The number of aryl methyl sites for hydroxylation is 1. The van der Waals surface area contributed by atoms with Crippen LogP contribution in [0.1, 0.15) is 122 Å². The molecule has 1 N–H and O–H groups in total. The Morgan fingerprint density at radius 3 is 1.94 bits per heavy atom. The third kappa shape index (κ3) is 14.1. The van der Waals surface area contributed by atoms with E-state index in [0.29, 0.717) is 12.2 Å². The van der Waals surface area contributed by atoms with E-state index in [1.807, 2.05) is 12.1 Å². The average molecular weight is 557 g/mol.